The molecule has 0 aromatic rings. The van der Waals surface area contributed by atoms with Gasteiger partial charge >= 0.3 is 0 Å². The van der Waals surface area contributed by atoms with Gasteiger partial charge in [-0.05, 0) is 98.7 Å². The van der Waals surface area contributed by atoms with Crippen LogP contribution in [0.1, 0.15) is 92.4 Å². The van der Waals surface area contributed by atoms with Crippen LogP contribution in [0.2, 0.25) is 0 Å². The van der Waals surface area contributed by atoms with E-state index in [1.165, 1.54) is 12.5 Å². The van der Waals surface area contributed by atoms with Crippen molar-refractivity contribution in [3.05, 3.63) is 11.6 Å². The monoisotopic (exact) mass is 1020 g/mol. The fourth-order valence-electron chi connectivity index (χ4n) is 15.3. The van der Waals surface area contributed by atoms with Crippen molar-refractivity contribution in [1.29, 1.82) is 0 Å². The molecule has 10 rings (SSSR count). The second kappa shape index (κ2) is 20.4. The van der Waals surface area contributed by atoms with E-state index in [0.717, 1.165) is 51.6 Å². The summed E-state index contributed by atoms with van der Waals surface area (Å²) in [5.74, 6) is 2.45. The van der Waals surface area contributed by atoms with Gasteiger partial charge in [0.15, 0.2) is 30.9 Å². The molecule has 9 fully saturated rings. The largest absolute Gasteiger partial charge is 0.394 e. The van der Waals surface area contributed by atoms with E-state index in [-0.39, 0.29) is 16.9 Å². The Morgan fingerprint density at radius 2 is 1.18 bits per heavy atom. The van der Waals surface area contributed by atoms with Crippen molar-refractivity contribution in [2.75, 3.05) is 26.4 Å². The molecule has 10 aliphatic rings. The topological polar surface area (TPSA) is 315 Å². The lowest BCUT2D eigenvalue weighted by Crippen LogP contribution is -2.67. The van der Waals surface area contributed by atoms with Crippen LogP contribution >= 0.6 is 0 Å². The lowest BCUT2D eigenvalue weighted by Gasteiger charge is -2.58. The molecule has 0 radical (unpaired) electrons. The Hall–Kier alpha value is -1.10. The molecule has 0 bridgehead atoms. The van der Waals surface area contributed by atoms with Crippen molar-refractivity contribution in [3.63, 3.8) is 0 Å². The summed E-state index contributed by atoms with van der Waals surface area (Å²) < 4.78 is 61.7. The average Bonchev–Trinajstić information content (AvgIpc) is 3.92. The van der Waals surface area contributed by atoms with E-state index in [1.54, 1.807) is 0 Å². The highest BCUT2D eigenvalue weighted by molar-refractivity contribution is 5.26. The Morgan fingerprint density at radius 1 is 0.592 bits per heavy atom. The summed E-state index contributed by atoms with van der Waals surface area (Å²) in [6.45, 7) is 9.56. The second-order valence-electron chi connectivity index (χ2n) is 23.4. The number of hydrogen-bond donors (Lipinski definition) is 11. The molecule has 30 atom stereocenters. The number of aliphatic hydroxyl groups is 11. The predicted octanol–water partition coefficient (Wildman–Crippen LogP) is -1.32. The number of rotatable bonds is 11. The molecule has 6 heterocycles. The Bertz CT molecular complexity index is 1870. The first-order chi connectivity index (χ1) is 33.8. The van der Waals surface area contributed by atoms with Crippen molar-refractivity contribution in [3.8, 4) is 0 Å². The van der Waals surface area contributed by atoms with Gasteiger partial charge in [0.25, 0.3) is 0 Å². The fourth-order valence-corrected chi connectivity index (χ4v) is 15.3. The van der Waals surface area contributed by atoms with Crippen molar-refractivity contribution in [2.45, 2.75) is 227 Å². The summed E-state index contributed by atoms with van der Waals surface area (Å²) in [6.07, 6.45) is -19.6. The standard InChI is InChI=1S/C50H80O21/c1-20-8-13-50(62-19-20)21(2)32-28(71-50)15-27-25-7-6-23-14-24(9-11-48(23,4)26(25)10-12-49(27,32)5)64-47-40(61)43(70-44-37(58)35(56)30(17-52)66-44)41(31(18-53)67-47)68-46-39(60)42(33(54)22(3)63-46)69-45-38(59)36(57)34(55)29(16-51)65-45/h6,20-22,24-47,51-61H,7-19H2,1-5H3/t20-,21+,22+,24+,25-,26+,27+,28-,29-,30+,31-,32+,33+,34-,35+,36+,37-,38-,39-,40-,41-,42-,43-,44+,45+,46+,47-,48+,49+,50-/m1/s1. The number of fused-ring (bicyclic) bond motifs is 7. The van der Waals surface area contributed by atoms with Gasteiger partial charge in [0.2, 0.25) is 0 Å². The third-order valence-electron chi connectivity index (χ3n) is 19.4. The van der Waals surface area contributed by atoms with Crippen LogP contribution in [0.15, 0.2) is 11.6 Å². The summed E-state index contributed by atoms with van der Waals surface area (Å²) >= 11 is 0. The summed E-state index contributed by atoms with van der Waals surface area (Å²) in [5, 5.41) is 118. The molecule has 71 heavy (non-hydrogen) atoms. The van der Waals surface area contributed by atoms with Gasteiger partial charge in [0, 0.05) is 12.3 Å². The average molecular weight is 1020 g/mol. The Morgan fingerprint density at radius 3 is 1.85 bits per heavy atom. The lowest BCUT2D eigenvalue weighted by molar-refractivity contribution is -0.388. The number of ether oxygens (including phenoxy) is 10. The minimum absolute atomic E-state index is 0.0572. The summed E-state index contributed by atoms with van der Waals surface area (Å²) in [6, 6.07) is 0. The maximum absolute atomic E-state index is 12.2. The maximum atomic E-state index is 12.2. The molecule has 1 spiro atoms. The van der Waals surface area contributed by atoms with E-state index >= 15 is 0 Å². The van der Waals surface area contributed by atoms with E-state index in [1.807, 2.05) is 0 Å². The smallest absolute Gasteiger partial charge is 0.187 e. The highest BCUT2D eigenvalue weighted by atomic mass is 16.8. The van der Waals surface area contributed by atoms with Crippen molar-refractivity contribution < 1.29 is 104 Å². The van der Waals surface area contributed by atoms with Crippen LogP contribution in [0.25, 0.3) is 0 Å². The third kappa shape index (κ3) is 9.02. The van der Waals surface area contributed by atoms with E-state index in [0.29, 0.717) is 48.3 Å². The number of allylic oxidation sites excluding steroid dienone is 1. The first-order valence-electron chi connectivity index (χ1n) is 26.3. The Balaban J connectivity index is 0.841. The Labute approximate surface area is 414 Å². The van der Waals surface area contributed by atoms with Gasteiger partial charge in [0.1, 0.15) is 85.5 Å². The van der Waals surface area contributed by atoms with Gasteiger partial charge in [-0.1, -0.05) is 39.3 Å². The van der Waals surface area contributed by atoms with Crippen LogP contribution in [0.3, 0.4) is 0 Å². The molecule has 0 aromatic carbocycles. The van der Waals surface area contributed by atoms with Gasteiger partial charge in [-0.25, -0.2) is 0 Å². The molecule has 11 N–H and O–H groups in total. The minimum atomic E-state index is -1.90. The van der Waals surface area contributed by atoms with Crippen molar-refractivity contribution in [1.82, 2.24) is 0 Å². The van der Waals surface area contributed by atoms with Crippen LogP contribution in [-0.2, 0) is 47.4 Å². The van der Waals surface area contributed by atoms with E-state index < -0.39 is 148 Å². The number of hydrogen-bond acceptors (Lipinski definition) is 21. The molecule has 0 amide bonds. The zero-order valence-electron chi connectivity index (χ0n) is 41.4. The fraction of sp³-hybridized carbons (Fsp3) is 0.960. The van der Waals surface area contributed by atoms with E-state index in [4.69, 9.17) is 47.4 Å². The summed E-state index contributed by atoms with van der Waals surface area (Å²) in [5.41, 5.74) is 1.43. The Kier molecular flexibility index (Phi) is 15.3. The molecular weight excluding hydrogens is 937 g/mol. The van der Waals surface area contributed by atoms with Crippen molar-refractivity contribution >= 4 is 0 Å². The summed E-state index contributed by atoms with van der Waals surface area (Å²) in [7, 11) is 0. The van der Waals surface area contributed by atoms with E-state index in [9.17, 15) is 56.2 Å². The van der Waals surface area contributed by atoms with Gasteiger partial charge in [-0.2, -0.15) is 0 Å². The molecule has 4 aliphatic carbocycles. The first-order valence-corrected chi connectivity index (χ1v) is 26.3. The molecule has 6 aliphatic heterocycles. The number of aliphatic hydroxyl groups excluding tert-OH is 11. The maximum Gasteiger partial charge on any atom is 0.187 e. The van der Waals surface area contributed by atoms with Crippen LogP contribution in [0.5, 0.6) is 0 Å². The molecule has 21 heteroatoms. The second-order valence-corrected chi connectivity index (χ2v) is 23.4. The van der Waals surface area contributed by atoms with Crippen LogP contribution in [0.4, 0.5) is 0 Å². The zero-order chi connectivity index (χ0) is 50.6. The molecule has 0 unspecified atom stereocenters. The van der Waals surface area contributed by atoms with Crippen LogP contribution in [0, 0.1) is 46.3 Å². The SMILES string of the molecule is C[C@@H]1CC[C@@]2(OC1)O[C@@H]1C[C@H]3[C@@H]4CC=C5C[C@@H](O[C@@H]6O[C@H](CO)[C@@H](O[C@@H]7O[C@@H](C)[C@H](O)[C@@H](O[C@@H]8O[C@H](CO)[C@@H](O)[C@H](O)[C@H]8O)[C@H]7O)[C@H](O[C@@H]7O[C@@H](CO)[C@H](O)[C@H]7O)[C@H]6O)CC[C@]5(C)[C@H]4CC[C@]3(C)[C@H]1[C@@H]2C. The quantitative estimate of drug-likeness (QED) is 0.107. The zero-order valence-corrected chi connectivity index (χ0v) is 41.4. The van der Waals surface area contributed by atoms with Gasteiger partial charge in [-0.15, -0.1) is 0 Å². The van der Waals surface area contributed by atoms with E-state index in [2.05, 4.69) is 33.8 Å². The van der Waals surface area contributed by atoms with Gasteiger partial charge in [-0.3, -0.25) is 0 Å². The third-order valence-corrected chi connectivity index (χ3v) is 19.4. The molecular formula is C50H80O21. The molecule has 406 valence electrons. The van der Waals surface area contributed by atoms with Crippen LogP contribution in [-0.4, -0.2) is 217 Å². The minimum Gasteiger partial charge on any atom is -0.394 e. The van der Waals surface area contributed by atoms with Gasteiger partial charge < -0.3 is 104 Å². The highest BCUT2D eigenvalue weighted by Crippen LogP contribution is 2.71. The normalized spacial score (nSPS) is 57.2. The van der Waals surface area contributed by atoms with Gasteiger partial charge in [0.05, 0.1) is 44.7 Å². The molecule has 3 saturated carbocycles. The highest BCUT2D eigenvalue weighted by Gasteiger charge is 2.69. The first kappa shape index (κ1) is 53.3. The lowest BCUT2D eigenvalue weighted by atomic mass is 9.47. The summed E-state index contributed by atoms with van der Waals surface area (Å²) in [4.78, 5) is 0. The van der Waals surface area contributed by atoms with Crippen LogP contribution < -0.4 is 0 Å². The van der Waals surface area contributed by atoms with Crippen molar-refractivity contribution in [2.24, 2.45) is 46.3 Å². The molecule has 21 nitrogen and oxygen atoms in total. The molecule has 6 saturated heterocycles. The molecule has 0 aromatic heterocycles. The predicted molar refractivity (Wildman–Crippen MR) is 241 cm³/mol.